The van der Waals surface area contributed by atoms with Crippen LogP contribution >= 0.6 is 11.6 Å². The monoisotopic (exact) mass is 282 g/mol. The molecule has 0 amide bonds. The summed E-state index contributed by atoms with van der Waals surface area (Å²) in [7, 11) is 1.89. The van der Waals surface area contributed by atoms with Crippen molar-refractivity contribution in [1.29, 1.82) is 0 Å². The first-order valence-electron chi connectivity index (χ1n) is 5.93. The Hall–Kier alpha value is -1.89. The highest BCUT2D eigenvalue weighted by Gasteiger charge is 2.05. The molecule has 0 saturated heterocycles. The van der Waals surface area contributed by atoms with Crippen LogP contribution in [0, 0.1) is 0 Å². The minimum absolute atomic E-state index is 0.113. The Morgan fingerprint density at radius 1 is 1.37 bits per heavy atom. The van der Waals surface area contributed by atoms with Gasteiger partial charge in [0.25, 0.3) is 0 Å². The van der Waals surface area contributed by atoms with Gasteiger partial charge in [-0.25, -0.2) is 0 Å². The molecule has 2 rings (SSSR count). The number of nitrogens with one attached hydrogen (secondary N) is 1. The molecule has 2 heterocycles. The van der Waals surface area contributed by atoms with E-state index >= 15 is 0 Å². The topological polar surface area (TPSA) is 77.8 Å². The average Bonchev–Trinajstić information content (AvgIpc) is 2.75. The van der Waals surface area contributed by atoms with E-state index < -0.39 is 0 Å². The van der Waals surface area contributed by atoms with Crippen molar-refractivity contribution in [3.05, 3.63) is 23.2 Å². The van der Waals surface area contributed by atoms with Crippen molar-refractivity contribution in [3.8, 4) is 6.01 Å². The van der Waals surface area contributed by atoms with E-state index in [-0.39, 0.29) is 11.3 Å². The molecular formula is C11H15ClN6O. The molecule has 0 aliphatic rings. The van der Waals surface area contributed by atoms with Gasteiger partial charge < -0.3 is 10.1 Å². The molecule has 0 bridgehead atoms. The van der Waals surface area contributed by atoms with Gasteiger partial charge in [-0.05, 0) is 30.5 Å². The average molecular weight is 283 g/mol. The van der Waals surface area contributed by atoms with E-state index in [0.717, 1.165) is 12.0 Å². The molecule has 0 spiro atoms. The second kappa shape index (κ2) is 6.33. The van der Waals surface area contributed by atoms with E-state index in [0.29, 0.717) is 19.1 Å². The largest absolute Gasteiger partial charge is 0.464 e. The van der Waals surface area contributed by atoms with Gasteiger partial charge in [-0.2, -0.15) is 20.1 Å². The van der Waals surface area contributed by atoms with Crippen molar-refractivity contribution in [2.75, 3.05) is 18.5 Å². The van der Waals surface area contributed by atoms with Gasteiger partial charge in [0.15, 0.2) is 0 Å². The van der Waals surface area contributed by atoms with E-state index in [1.165, 1.54) is 0 Å². The maximum absolute atomic E-state index is 5.79. The maximum atomic E-state index is 5.79. The number of aromatic nitrogens is 5. The fourth-order valence-electron chi connectivity index (χ4n) is 1.52. The molecule has 0 atom stereocenters. The molecule has 0 unspecified atom stereocenters. The molecule has 0 aliphatic carbocycles. The molecule has 7 nitrogen and oxygen atoms in total. The molecule has 0 aliphatic heterocycles. The van der Waals surface area contributed by atoms with Crippen LogP contribution in [-0.2, 0) is 13.5 Å². The van der Waals surface area contributed by atoms with Crippen LogP contribution in [-0.4, -0.2) is 37.9 Å². The smallest absolute Gasteiger partial charge is 0.322 e. The first kappa shape index (κ1) is 13.5. The van der Waals surface area contributed by atoms with Gasteiger partial charge in [-0.1, -0.05) is 0 Å². The van der Waals surface area contributed by atoms with Gasteiger partial charge in [0, 0.05) is 19.8 Å². The van der Waals surface area contributed by atoms with Crippen LogP contribution < -0.4 is 10.1 Å². The Bertz CT molecular complexity index is 544. The zero-order valence-corrected chi connectivity index (χ0v) is 11.6. The summed E-state index contributed by atoms with van der Waals surface area (Å²) in [5.74, 6) is 0.410. The number of hydrogen-bond acceptors (Lipinski definition) is 6. The lowest BCUT2D eigenvalue weighted by molar-refractivity contribution is 0.312. The summed E-state index contributed by atoms with van der Waals surface area (Å²) in [5, 5.41) is 7.29. The first-order chi connectivity index (χ1) is 9.17. The normalized spacial score (nSPS) is 10.5. The fourth-order valence-corrected chi connectivity index (χ4v) is 1.68. The third-order valence-electron chi connectivity index (χ3n) is 2.32. The molecule has 1 N–H and O–H groups in total. The Labute approximate surface area is 116 Å². The molecule has 8 heteroatoms. The zero-order chi connectivity index (χ0) is 13.7. The fraction of sp³-hybridized carbons (Fsp3) is 0.455. The number of aryl methyl sites for hydroxylation is 1. The number of halogens is 1. The summed E-state index contributed by atoms with van der Waals surface area (Å²) in [6.45, 7) is 3.01. The molecule has 0 saturated carbocycles. The molecule has 19 heavy (non-hydrogen) atoms. The Balaban J connectivity index is 1.91. The van der Waals surface area contributed by atoms with Crippen molar-refractivity contribution in [3.63, 3.8) is 0 Å². The van der Waals surface area contributed by atoms with Crippen LogP contribution in [0.3, 0.4) is 0 Å². The summed E-state index contributed by atoms with van der Waals surface area (Å²) in [4.78, 5) is 11.9. The van der Waals surface area contributed by atoms with Crippen molar-refractivity contribution >= 4 is 17.5 Å². The molecule has 2 aromatic heterocycles. The molecule has 0 fully saturated rings. The van der Waals surface area contributed by atoms with Crippen LogP contribution in [0.25, 0.3) is 0 Å². The molecular weight excluding hydrogens is 268 g/mol. The van der Waals surface area contributed by atoms with Gasteiger partial charge in [0.05, 0.1) is 12.8 Å². The number of nitrogens with zero attached hydrogens (tertiary/aromatic N) is 5. The number of rotatable bonds is 6. The summed E-state index contributed by atoms with van der Waals surface area (Å²) < 4.78 is 6.96. The summed E-state index contributed by atoms with van der Waals surface area (Å²) in [6, 6.07) is 0.228. The highest BCUT2D eigenvalue weighted by atomic mass is 35.5. The predicted octanol–water partition coefficient (Wildman–Crippen LogP) is 1.31. The Morgan fingerprint density at radius 3 is 2.89 bits per heavy atom. The van der Waals surface area contributed by atoms with Crippen molar-refractivity contribution in [1.82, 2.24) is 24.7 Å². The minimum atomic E-state index is 0.113. The van der Waals surface area contributed by atoms with E-state index in [9.17, 15) is 0 Å². The van der Waals surface area contributed by atoms with Crippen LogP contribution in [0.2, 0.25) is 5.28 Å². The van der Waals surface area contributed by atoms with Crippen LogP contribution in [0.5, 0.6) is 6.01 Å². The Morgan fingerprint density at radius 2 is 2.21 bits per heavy atom. The summed E-state index contributed by atoms with van der Waals surface area (Å²) in [5.41, 5.74) is 1.14. The molecule has 2 aromatic rings. The molecule has 0 aromatic carbocycles. The van der Waals surface area contributed by atoms with Gasteiger partial charge >= 0.3 is 6.01 Å². The number of anilines is 1. The van der Waals surface area contributed by atoms with Gasteiger partial charge in [-0.15, -0.1) is 0 Å². The van der Waals surface area contributed by atoms with Crippen LogP contribution in [0.4, 0.5) is 5.95 Å². The SMILES string of the molecule is CCOc1nc(Cl)nc(NCCc2cnn(C)c2)n1. The van der Waals surface area contributed by atoms with E-state index in [4.69, 9.17) is 16.3 Å². The highest BCUT2D eigenvalue weighted by Crippen LogP contribution is 2.11. The van der Waals surface area contributed by atoms with Gasteiger partial charge in [-0.3, -0.25) is 4.68 Å². The number of ether oxygens (including phenoxy) is 1. The van der Waals surface area contributed by atoms with Gasteiger partial charge in [0.1, 0.15) is 0 Å². The standard InChI is InChI=1S/C11H15ClN6O/c1-3-19-11-16-9(12)15-10(17-11)13-5-4-8-6-14-18(2)7-8/h6-7H,3-5H2,1-2H3,(H,13,15,16,17). The van der Waals surface area contributed by atoms with Crippen molar-refractivity contribution in [2.24, 2.45) is 7.05 Å². The van der Waals surface area contributed by atoms with Crippen LogP contribution in [0.15, 0.2) is 12.4 Å². The molecule has 0 radical (unpaired) electrons. The summed E-state index contributed by atoms with van der Waals surface area (Å²) in [6.07, 6.45) is 4.61. The quantitative estimate of drug-likeness (QED) is 0.861. The van der Waals surface area contributed by atoms with Crippen molar-refractivity contribution < 1.29 is 4.74 Å². The zero-order valence-electron chi connectivity index (χ0n) is 10.8. The van der Waals surface area contributed by atoms with E-state index in [2.05, 4.69) is 25.4 Å². The second-order valence-electron chi connectivity index (χ2n) is 3.84. The lowest BCUT2D eigenvalue weighted by atomic mass is 10.2. The third kappa shape index (κ3) is 4.06. The van der Waals surface area contributed by atoms with E-state index in [1.54, 1.807) is 4.68 Å². The third-order valence-corrected chi connectivity index (χ3v) is 2.49. The lowest BCUT2D eigenvalue weighted by Crippen LogP contribution is -2.10. The predicted molar refractivity (Wildman–Crippen MR) is 71.4 cm³/mol. The first-order valence-corrected chi connectivity index (χ1v) is 6.31. The van der Waals surface area contributed by atoms with E-state index in [1.807, 2.05) is 26.4 Å². The van der Waals surface area contributed by atoms with Gasteiger partial charge in [0.2, 0.25) is 11.2 Å². The minimum Gasteiger partial charge on any atom is -0.464 e. The molecule has 102 valence electrons. The number of hydrogen-bond donors (Lipinski definition) is 1. The Kier molecular flexibility index (Phi) is 4.51. The summed E-state index contributed by atoms with van der Waals surface area (Å²) >= 11 is 5.79. The lowest BCUT2D eigenvalue weighted by Gasteiger charge is -2.06. The second-order valence-corrected chi connectivity index (χ2v) is 4.18. The van der Waals surface area contributed by atoms with Crippen LogP contribution in [0.1, 0.15) is 12.5 Å². The van der Waals surface area contributed by atoms with Crippen molar-refractivity contribution in [2.45, 2.75) is 13.3 Å². The maximum Gasteiger partial charge on any atom is 0.322 e. The highest BCUT2D eigenvalue weighted by molar-refractivity contribution is 6.28.